The van der Waals surface area contributed by atoms with E-state index in [1.807, 2.05) is 13.8 Å². The molecule has 1 N–H and O–H groups in total. The molecule has 0 spiro atoms. The highest BCUT2D eigenvalue weighted by atomic mass is 32.2. The van der Waals surface area contributed by atoms with E-state index in [-0.39, 0.29) is 5.78 Å². The molecule has 0 heterocycles. The molecular weight excluding hydrogens is 208 g/mol. The van der Waals surface area contributed by atoms with E-state index in [4.69, 9.17) is 4.55 Å². The van der Waals surface area contributed by atoms with E-state index in [0.717, 1.165) is 0 Å². The van der Waals surface area contributed by atoms with E-state index in [0.29, 0.717) is 17.6 Å². The van der Waals surface area contributed by atoms with Crippen LogP contribution >= 0.6 is 12.0 Å². The Bertz CT molecular complexity index is 263. The van der Waals surface area contributed by atoms with Gasteiger partial charge in [0, 0.05) is 23.0 Å². The molecule has 0 aliphatic rings. The average Bonchev–Trinajstić information content (AvgIpc) is 2.30. The minimum atomic E-state index is -0.137. The second kappa shape index (κ2) is 12.9. The minimum Gasteiger partial charge on any atom is -0.326 e. The molecule has 0 aliphatic heterocycles. The fraction of sp³-hybridized carbons (Fsp3) is 0.250. The lowest BCUT2D eigenvalue weighted by Gasteiger charge is -1.92. The number of rotatable bonds is 5. The first-order valence-electron chi connectivity index (χ1n) is 4.72. The smallest absolute Gasteiger partial charge is 0.186 e. The minimum absolute atomic E-state index is 0.137. The summed E-state index contributed by atoms with van der Waals surface area (Å²) in [6, 6.07) is 0. The van der Waals surface area contributed by atoms with Gasteiger partial charge in [-0.05, 0) is 13.0 Å². The van der Waals surface area contributed by atoms with Crippen molar-refractivity contribution >= 4 is 17.8 Å². The Morgan fingerprint density at radius 3 is 2.33 bits per heavy atom. The Morgan fingerprint density at radius 1 is 1.33 bits per heavy atom. The first-order chi connectivity index (χ1) is 7.26. The third-order valence-corrected chi connectivity index (χ3v) is 1.55. The highest BCUT2D eigenvalue weighted by Gasteiger charge is 1.98. The van der Waals surface area contributed by atoms with Crippen LogP contribution in [0, 0.1) is 0 Å². The summed E-state index contributed by atoms with van der Waals surface area (Å²) in [6.45, 7) is 9.28. The maximum Gasteiger partial charge on any atom is 0.186 e. The third-order valence-electron chi connectivity index (χ3n) is 1.29. The summed E-state index contributed by atoms with van der Waals surface area (Å²) in [5, 5.41) is 1.33. The molecule has 0 rings (SSSR count). The molecule has 0 aliphatic carbocycles. The predicted octanol–water partition coefficient (Wildman–Crippen LogP) is 3.99. The molecule has 15 heavy (non-hydrogen) atoms. The Labute approximate surface area is 96.3 Å². The highest BCUT2D eigenvalue weighted by Crippen LogP contribution is 2.02. The zero-order valence-electron chi connectivity index (χ0n) is 9.43. The van der Waals surface area contributed by atoms with Gasteiger partial charge < -0.3 is 4.55 Å². The van der Waals surface area contributed by atoms with Crippen molar-refractivity contribution < 1.29 is 9.35 Å². The molecule has 0 aromatic rings. The number of ketones is 1. The summed E-state index contributed by atoms with van der Waals surface area (Å²) in [6.07, 6.45) is 7.97. The van der Waals surface area contributed by atoms with Gasteiger partial charge in [-0.15, -0.1) is 0 Å². The number of allylic oxidation sites excluding steroid dienone is 6. The zero-order chi connectivity index (χ0) is 12.1. The van der Waals surface area contributed by atoms with E-state index in [1.54, 1.807) is 31.2 Å². The van der Waals surface area contributed by atoms with Crippen LogP contribution in [0.25, 0.3) is 0 Å². The maximum atomic E-state index is 11.3. The van der Waals surface area contributed by atoms with Crippen molar-refractivity contribution in [3.63, 3.8) is 0 Å². The van der Waals surface area contributed by atoms with E-state index in [1.165, 1.54) is 11.5 Å². The van der Waals surface area contributed by atoms with Crippen LogP contribution in [0.1, 0.15) is 20.8 Å². The molecule has 0 atom stereocenters. The van der Waals surface area contributed by atoms with E-state index >= 15 is 0 Å². The second-order valence-electron chi connectivity index (χ2n) is 2.11. The van der Waals surface area contributed by atoms with Crippen LogP contribution in [0.3, 0.4) is 0 Å². The van der Waals surface area contributed by atoms with Crippen LogP contribution < -0.4 is 0 Å². The summed E-state index contributed by atoms with van der Waals surface area (Å²) in [5.41, 5.74) is 0.574. The summed E-state index contributed by atoms with van der Waals surface area (Å²) < 4.78 is 8.37. The number of hydrogen-bond donors (Lipinski definition) is 1. The lowest BCUT2D eigenvalue weighted by atomic mass is 10.1. The number of carbonyl (C=O) groups is 1. The lowest BCUT2D eigenvalue weighted by Crippen LogP contribution is -1.94. The summed E-state index contributed by atoms with van der Waals surface area (Å²) in [7, 11) is 0. The van der Waals surface area contributed by atoms with E-state index in [2.05, 4.69) is 6.58 Å². The van der Waals surface area contributed by atoms with Gasteiger partial charge in [0.05, 0.1) is 0 Å². The van der Waals surface area contributed by atoms with Crippen LogP contribution in [-0.4, -0.2) is 10.3 Å². The molecule has 0 unspecified atom stereocenters. The van der Waals surface area contributed by atoms with Gasteiger partial charge in [-0.2, -0.15) is 0 Å². The van der Waals surface area contributed by atoms with Crippen LogP contribution in [0.4, 0.5) is 0 Å². The molecule has 0 saturated heterocycles. The van der Waals surface area contributed by atoms with Crippen molar-refractivity contribution in [1.82, 2.24) is 0 Å². The largest absolute Gasteiger partial charge is 0.326 e. The SMILES string of the molecule is C=C/C=C\C(=C/C)C(=O)/C=C/SO.CC. The average molecular weight is 226 g/mol. The van der Waals surface area contributed by atoms with E-state index < -0.39 is 0 Å². The molecule has 0 fully saturated rings. The molecule has 0 amide bonds. The topological polar surface area (TPSA) is 37.3 Å². The van der Waals surface area contributed by atoms with Crippen LogP contribution in [0.2, 0.25) is 0 Å². The molecule has 0 radical (unpaired) electrons. The number of carbonyl (C=O) groups excluding carboxylic acids is 1. The Balaban J connectivity index is 0. The fourth-order valence-corrected chi connectivity index (χ4v) is 0.865. The van der Waals surface area contributed by atoms with Crippen molar-refractivity contribution in [1.29, 1.82) is 0 Å². The van der Waals surface area contributed by atoms with Crippen LogP contribution in [0.15, 0.2) is 47.9 Å². The Kier molecular flexibility index (Phi) is 14.1. The standard InChI is InChI=1S/C10H12O2S.C2H6/c1-3-5-6-9(4-2)10(11)7-8-13-12;1-2/h3-8,12H,1H2,2H3;1-2H3/b6-5-,8-7+,9-4+;. The van der Waals surface area contributed by atoms with Crippen LogP contribution in [-0.2, 0) is 4.79 Å². The number of hydrogen-bond acceptors (Lipinski definition) is 3. The second-order valence-corrected chi connectivity index (χ2v) is 2.59. The summed E-state index contributed by atoms with van der Waals surface area (Å²) >= 11 is 0.509. The van der Waals surface area contributed by atoms with Gasteiger partial charge in [-0.25, -0.2) is 0 Å². The van der Waals surface area contributed by atoms with Crippen LogP contribution in [0.5, 0.6) is 0 Å². The molecule has 0 aromatic heterocycles. The first-order valence-corrected chi connectivity index (χ1v) is 5.56. The van der Waals surface area contributed by atoms with Gasteiger partial charge in [0.15, 0.2) is 5.78 Å². The Morgan fingerprint density at radius 2 is 1.93 bits per heavy atom. The van der Waals surface area contributed by atoms with Crippen molar-refractivity contribution in [3.05, 3.63) is 47.9 Å². The highest BCUT2D eigenvalue weighted by molar-refractivity contribution is 7.96. The van der Waals surface area contributed by atoms with Gasteiger partial charge in [0.2, 0.25) is 0 Å². The van der Waals surface area contributed by atoms with Crippen molar-refractivity contribution in [3.8, 4) is 0 Å². The maximum absolute atomic E-state index is 11.3. The van der Waals surface area contributed by atoms with Crippen molar-refractivity contribution in [2.75, 3.05) is 0 Å². The zero-order valence-corrected chi connectivity index (χ0v) is 10.3. The van der Waals surface area contributed by atoms with Crippen molar-refractivity contribution in [2.24, 2.45) is 0 Å². The van der Waals surface area contributed by atoms with E-state index in [9.17, 15) is 4.79 Å². The molecule has 84 valence electrons. The summed E-state index contributed by atoms with van der Waals surface area (Å²) in [5.74, 6) is -0.137. The fourth-order valence-electron chi connectivity index (χ4n) is 0.681. The predicted molar refractivity (Wildman–Crippen MR) is 68.8 cm³/mol. The van der Waals surface area contributed by atoms with Crippen molar-refractivity contribution in [2.45, 2.75) is 20.8 Å². The Hall–Kier alpha value is -1.06. The first kappa shape index (κ1) is 16.4. The van der Waals surface area contributed by atoms with Gasteiger partial charge in [0.1, 0.15) is 0 Å². The van der Waals surface area contributed by atoms with Gasteiger partial charge in [0.25, 0.3) is 0 Å². The molecule has 2 nitrogen and oxygen atoms in total. The molecule has 0 bridgehead atoms. The molecular formula is C12H18O2S. The molecule has 3 heteroatoms. The van der Waals surface area contributed by atoms with Gasteiger partial charge >= 0.3 is 0 Å². The third kappa shape index (κ3) is 9.25. The quantitative estimate of drug-likeness (QED) is 0.437. The molecule has 0 saturated carbocycles. The summed E-state index contributed by atoms with van der Waals surface area (Å²) in [4.78, 5) is 11.3. The van der Waals surface area contributed by atoms with Gasteiger partial charge in [-0.3, -0.25) is 4.79 Å². The normalized spacial score (nSPS) is 11.3. The van der Waals surface area contributed by atoms with Gasteiger partial charge in [-0.1, -0.05) is 44.7 Å². The molecule has 0 aromatic carbocycles. The lowest BCUT2D eigenvalue weighted by molar-refractivity contribution is -0.111. The monoisotopic (exact) mass is 226 g/mol.